The van der Waals surface area contributed by atoms with E-state index in [0.717, 1.165) is 52.2 Å². The lowest BCUT2D eigenvalue weighted by molar-refractivity contribution is -0.120. The first-order valence-corrected chi connectivity index (χ1v) is 12.6. The molecule has 0 N–H and O–H groups in total. The molecule has 1 aliphatic carbocycles. The molecule has 1 atom stereocenters. The maximum atomic E-state index is 13.4. The first-order valence-electron chi connectivity index (χ1n) is 12.6. The second-order valence-corrected chi connectivity index (χ2v) is 10.5. The number of rotatable bonds is 9. The number of carbonyl (C=O) groups excluding carboxylic acids is 2. The number of nitrogens with zero attached hydrogens (tertiary/aromatic N) is 1. The van der Waals surface area contributed by atoms with E-state index in [-0.39, 0.29) is 30.3 Å². The lowest BCUT2D eigenvalue weighted by Crippen LogP contribution is -2.40. The van der Waals surface area contributed by atoms with Crippen LogP contribution in [-0.2, 0) is 16.6 Å². The van der Waals surface area contributed by atoms with E-state index >= 15 is 0 Å². The highest BCUT2D eigenvalue weighted by molar-refractivity contribution is 6.00. The van der Waals surface area contributed by atoms with Gasteiger partial charge in [-0.2, -0.15) is 0 Å². The smallest absolute Gasteiger partial charge is 0.231 e. The third-order valence-corrected chi connectivity index (χ3v) is 7.46. The summed E-state index contributed by atoms with van der Waals surface area (Å²) in [6.45, 7) is 4.37. The molecule has 0 aromatic heterocycles. The number of carbonyl (C=O) groups is 2. The Balaban J connectivity index is 1.31. The summed E-state index contributed by atoms with van der Waals surface area (Å²) in [5.74, 6) is 2.07. The molecule has 1 aliphatic heterocycles. The molecule has 0 amide bonds. The van der Waals surface area contributed by atoms with Gasteiger partial charge >= 0.3 is 0 Å². The summed E-state index contributed by atoms with van der Waals surface area (Å²) < 4.78 is 10.9. The van der Waals surface area contributed by atoms with Crippen LogP contribution in [0.5, 0.6) is 11.5 Å². The van der Waals surface area contributed by atoms with Crippen LogP contribution in [-0.4, -0.2) is 43.4 Å². The Morgan fingerprint density at radius 2 is 1.61 bits per heavy atom. The summed E-state index contributed by atoms with van der Waals surface area (Å²) in [6, 6.07) is 21.7. The summed E-state index contributed by atoms with van der Waals surface area (Å²) in [4.78, 5) is 28.4. The molecule has 2 aliphatic rings. The van der Waals surface area contributed by atoms with Crippen molar-refractivity contribution in [3.8, 4) is 22.6 Å². The molecule has 0 saturated heterocycles. The van der Waals surface area contributed by atoms with E-state index in [1.165, 1.54) is 0 Å². The standard InChI is InChI=1S/C31H33NO4/c1-20(2)29(32(3)4)30(34)23-10-8-22(9-11-23)24-7-5-6-21(16-24)17-28(33)31(14-15-31)25-12-13-26-27(18-25)36-19-35-26/h5-13,16,18,20,29H,14-15,17,19H2,1-4H3. The van der Waals surface area contributed by atoms with Crippen LogP contribution in [0.3, 0.4) is 0 Å². The van der Waals surface area contributed by atoms with Gasteiger partial charge in [0, 0.05) is 12.0 Å². The quantitative estimate of drug-likeness (QED) is 0.366. The third-order valence-electron chi connectivity index (χ3n) is 7.46. The highest BCUT2D eigenvalue weighted by Crippen LogP contribution is 2.51. The molecule has 1 unspecified atom stereocenters. The summed E-state index contributed by atoms with van der Waals surface area (Å²) >= 11 is 0. The first kappa shape index (κ1) is 24.3. The van der Waals surface area contributed by atoms with E-state index in [2.05, 4.69) is 19.9 Å². The zero-order valence-corrected chi connectivity index (χ0v) is 21.4. The van der Waals surface area contributed by atoms with Gasteiger partial charge in [-0.3, -0.25) is 14.5 Å². The highest BCUT2D eigenvalue weighted by atomic mass is 16.7. The van der Waals surface area contributed by atoms with Crippen molar-refractivity contribution in [1.29, 1.82) is 0 Å². The van der Waals surface area contributed by atoms with Crippen LogP contribution in [0.25, 0.3) is 11.1 Å². The minimum atomic E-state index is -0.418. The van der Waals surface area contributed by atoms with E-state index in [1.807, 2.05) is 79.7 Å². The summed E-state index contributed by atoms with van der Waals surface area (Å²) in [7, 11) is 3.89. The number of likely N-dealkylation sites (N-methyl/N-ethyl adjacent to an activating group) is 1. The second-order valence-electron chi connectivity index (χ2n) is 10.5. The molecular weight excluding hydrogens is 450 g/mol. The molecule has 5 nitrogen and oxygen atoms in total. The van der Waals surface area contributed by atoms with E-state index in [1.54, 1.807) is 0 Å². The Hall–Kier alpha value is -3.44. The summed E-state index contributed by atoms with van der Waals surface area (Å²) in [5, 5.41) is 0. The van der Waals surface area contributed by atoms with Crippen molar-refractivity contribution in [3.05, 3.63) is 83.4 Å². The Morgan fingerprint density at radius 3 is 2.28 bits per heavy atom. The number of benzene rings is 3. The maximum Gasteiger partial charge on any atom is 0.231 e. The fourth-order valence-corrected chi connectivity index (χ4v) is 5.39. The van der Waals surface area contributed by atoms with Gasteiger partial charge in [0.15, 0.2) is 17.3 Å². The molecule has 0 bridgehead atoms. The molecule has 36 heavy (non-hydrogen) atoms. The number of ether oxygens (including phenoxy) is 2. The number of ketones is 2. The Bertz CT molecular complexity index is 1280. The van der Waals surface area contributed by atoms with Crippen molar-refractivity contribution >= 4 is 11.6 Å². The van der Waals surface area contributed by atoms with Crippen LogP contribution in [0.4, 0.5) is 0 Å². The van der Waals surface area contributed by atoms with Crippen LogP contribution in [0.2, 0.25) is 0 Å². The van der Waals surface area contributed by atoms with Crippen molar-refractivity contribution in [2.75, 3.05) is 20.9 Å². The minimum absolute atomic E-state index is 0.138. The molecule has 186 valence electrons. The maximum absolute atomic E-state index is 13.4. The Kier molecular flexibility index (Phi) is 6.44. The van der Waals surface area contributed by atoms with Crippen molar-refractivity contribution in [2.45, 2.75) is 44.6 Å². The molecule has 3 aromatic rings. The SMILES string of the molecule is CC(C)C(C(=O)c1ccc(-c2cccc(CC(=O)C3(c4ccc5c(c4)OCO5)CC3)c2)cc1)N(C)C. The van der Waals surface area contributed by atoms with Gasteiger partial charge in [-0.1, -0.05) is 68.4 Å². The van der Waals surface area contributed by atoms with Crippen LogP contribution in [0.15, 0.2) is 66.7 Å². The molecule has 0 radical (unpaired) electrons. The fraction of sp³-hybridized carbons (Fsp3) is 0.355. The average Bonchev–Trinajstić information content (AvgIpc) is 3.54. The first-order chi connectivity index (χ1) is 17.3. The van der Waals surface area contributed by atoms with Crippen LogP contribution in [0.1, 0.15) is 48.2 Å². The number of hydrogen-bond donors (Lipinski definition) is 0. The van der Waals surface area contributed by atoms with Crippen molar-refractivity contribution in [2.24, 2.45) is 5.92 Å². The molecule has 3 aromatic carbocycles. The van der Waals surface area contributed by atoms with E-state index < -0.39 is 5.41 Å². The van der Waals surface area contributed by atoms with Gasteiger partial charge in [0.1, 0.15) is 5.78 Å². The molecule has 1 saturated carbocycles. The summed E-state index contributed by atoms with van der Waals surface area (Å²) in [6.07, 6.45) is 2.12. The molecule has 5 rings (SSSR count). The van der Waals surface area contributed by atoms with Gasteiger partial charge in [-0.15, -0.1) is 0 Å². The monoisotopic (exact) mass is 483 g/mol. The minimum Gasteiger partial charge on any atom is -0.454 e. The van der Waals surface area contributed by atoms with Crippen molar-refractivity contribution in [3.63, 3.8) is 0 Å². The zero-order valence-electron chi connectivity index (χ0n) is 21.4. The van der Waals surface area contributed by atoms with Crippen LogP contribution >= 0.6 is 0 Å². The van der Waals surface area contributed by atoms with Gasteiger partial charge in [0.25, 0.3) is 0 Å². The van der Waals surface area contributed by atoms with Gasteiger partial charge in [0.05, 0.1) is 11.5 Å². The Morgan fingerprint density at radius 1 is 0.889 bits per heavy atom. The molecule has 5 heteroatoms. The van der Waals surface area contributed by atoms with Crippen LogP contribution < -0.4 is 9.47 Å². The highest BCUT2D eigenvalue weighted by Gasteiger charge is 2.50. The molecule has 1 fully saturated rings. The third kappa shape index (κ3) is 4.56. The zero-order chi connectivity index (χ0) is 25.4. The fourth-order valence-electron chi connectivity index (χ4n) is 5.39. The molecule has 0 spiro atoms. The summed E-state index contributed by atoms with van der Waals surface area (Å²) in [5.41, 5.74) is 4.39. The second kappa shape index (κ2) is 9.55. The Labute approximate surface area is 213 Å². The van der Waals surface area contributed by atoms with E-state index in [0.29, 0.717) is 6.42 Å². The normalized spacial score (nSPS) is 16.3. The predicted molar refractivity (Wildman–Crippen MR) is 141 cm³/mol. The number of fused-ring (bicyclic) bond motifs is 1. The van der Waals surface area contributed by atoms with Crippen molar-refractivity contribution < 1.29 is 19.1 Å². The van der Waals surface area contributed by atoms with Crippen LogP contribution in [0, 0.1) is 5.92 Å². The predicted octanol–water partition coefficient (Wildman–Crippen LogP) is 5.69. The topological polar surface area (TPSA) is 55.8 Å². The largest absolute Gasteiger partial charge is 0.454 e. The average molecular weight is 484 g/mol. The van der Waals surface area contributed by atoms with E-state index in [4.69, 9.17) is 9.47 Å². The van der Waals surface area contributed by atoms with E-state index in [9.17, 15) is 9.59 Å². The molecular formula is C31H33NO4. The molecule has 1 heterocycles. The van der Waals surface area contributed by atoms with Gasteiger partial charge < -0.3 is 9.47 Å². The lowest BCUT2D eigenvalue weighted by Gasteiger charge is -2.26. The van der Waals surface area contributed by atoms with Gasteiger partial charge in [0.2, 0.25) is 6.79 Å². The lowest BCUT2D eigenvalue weighted by atomic mass is 9.87. The van der Waals surface area contributed by atoms with Crippen molar-refractivity contribution in [1.82, 2.24) is 4.90 Å². The number of Topliss-reactive ketones (excluding diaryl/α,β-unsaturated/α-hetero) is 2. The van der Waals surface area contributed by atoms with Gasteiger partial charge in [-0.25, -0.2) is 0 Å². The number of hydrogen-bond acceptors (Lipinski definition) is 5. The van der Waals surface area contributed by atoms with Gasteiger partial charge in [-0.05, 0) is 67.2 Å².